The molecule has 4 rings (SSSR count). The van der Waals surface area contributed by atoms with E-state index < -0.39 is 6.09 Å². The van der Waals surface area contributed by atoms with Crippen molar-refractivity contribution in [3.8, 4) is 22.8 Å². The number of rotatable bonds is 7. The van der Waals surface area contributed by atoms with Crippen LogP contribution in [0.15, 0.2) is 78.2 Å². The number of alkyl carbamates (subject to hydrolysis) is 1. The lowest BCUT2D eigenvalue weighted by atomic mass is 10.1. The van der Waals surface area contributed by atoms with Gasteiger partial charge in [0, 0.05) is 22.5 Å². The number of carbonyl (C=O) groups excluding carboxylic acids is 1. The van der Waals surface area contributed by atoms with Crippen LogP contribution in [0.3, 0.4) is 0 Å². The van der Waals surface area contributed by atoms with E-state index in [1.807, 2.05) is 53.9 Å². The van der Waals surface area contributed by atoms with Gasteiger partial charge in [-0.25, -0.2) is 4.79 Å². The molecule has 0 saturated carbocycles. The maximum absolute atomic E-state index is 12.1. The molecule has 0 aliphatic heterocycles. The molecule has 4 aromatic rings. The first kappa shape index (κ1) is 20.8. The van der Waals surface area contributed by atoms with Crippen LogP contribution >= 0.6 is 23.1 Å². The number of hydrogen-bond donors (Lipinski definition) is 1. The van der Waals surface area contributed by atoms with Crippen LogP contribution in [0.2, 0.25) is 5.02 Å². The topological polar surface area (TPSA) is 73.3 Å². The molecule has 8 heteroatoms. The first-order chi connectivity index (χ1) is 15.2. The first-order valence-electron chi connectivity index (χ1n) is 9.45. The zero-order valence-corrected chi connectivity index (χ0v) is 17.9. The molecule has 0 radical (unpaired) electrons. The summed E-state index contributed by atoms with van der Waals surface area (Å²) in [6.07, 6.45) is -0.489. The molecule has 31 heavy (non-hydrogen) atoms. The second-order valence-corrected chi connectivity index (χ2v) is 7.67. The normalized spacial score (nSPS) is 10.5. The van der Waals surface area contributed by atoms with Crippen molar-refractivity contribution in [2.75, 3.05) is 0 Å². The Hall–Kier alpha value is -3.42. The number of benzene rings is 3. The Morgan fingerprint density at radius 3 is 2.52 bits per heavy atom. The van der Waals surface area contributed by atoms with E-state index in [1.54, 1.807) is 24.3 Å². The lowest BCUT2D eigenvalue weighted by Gasteiger charge is -2.10. The summed E-state index contributed by atoms with van der Waals surface area (Å²) in [5.41, 5.74) is 3.61. The van der Waals surface area contributed by atoms with Gasteiger partial charge in [0.1, 0.15) is 23.8 Å². The lowest BCUT2D eigenvalue weighted by molar-refractivity contribution is 0.139. The number of amides is 1. The summed E-state index contributed by atoms with van der Waals surface area (Å²) in [6, 6.07) is 22.3. The molecular weight excluding hydrogens is 434 g/mol. The summed E-state index contributed by atoms with van der Waals surface area (Å²) in [5.74, 6) is 1.33. The molecule has 0 atom stereocenters. The van der Waals surface area contributed by atoms with Crippen molar-refractivity contribution in [2.24, 2.45) is 0 Å². The van der Waals surface area contributed by atoms with Crippen LogP contribution < -0.4 is 10.1 Å². The Balaban J connectivity index is 1.25. The molecule has 156 valence electrons. The molecule has 0 bridgehead atoms. The molecule has 0 spiro atoms. The fourth-order valence-electron chi connectivity index (χ4n) is 2.80. The average molecular weight is 452 g/mol. The van der Waals surface area contributed by atoms with E-state index in [4.69, 9.17) is 21.1 Å². The van der Waals surface area contributed by atoms with Gasteiger partial charge in [-0.1, -0.05) is 52.5 Å². The highest BCUT2D eigenvalue weighted by molar-refractivity contribution is 7.03. The number of nitrogens with one attached hydrogen (secondary N) is 1. The van der Waals surface area contributed by atoms with Crippen molar-refractivity contribution in [1.82, 2.24) is 14.9 Å². The van der Waals surface area contributed by atoms with E-state index >= 15 is 0 Å². The van der Waals surface area contributed by atoms with E-state index in [-0.39, 0.29) is 6.61 Å². The number of carbonyl (C=O) groups is 1. The van der Waals surface area contributed by atoms with Gasteiger partial charge in [-0.2, -0.15) is 0 Å². The molecule has 1 heterocycles. The Bertz CT molecular complexity index is 1130. The molecular formula is C23H18ClN3O3S. The third-order valence-electron chi connectivity index (χ3n) is 4.36. The third kappa shape index (κ3) is 6.04. The minimum atomic E-state index is -0.489. The van der Waals surface area contributed by atoms with Crippen LogP contribution in [0, 0.1) is 0 Å². The Kier molecular flexibility index (Phi) is 6.76. The van der Waals surface area contributed by atoms with Crippen molar-refractivity contribution < 1.29 is 14.3 Å². The van der Waals surface area contributed by atoms with Crippen LogP contribution in [-0.2, 0) is 17.9 Å². The van der Waals surface area contributed by atoms with E-state index in [0.717, 1.165) is 22.4 Å². The molecule has 0 aliphatic carbocycles. The van der Waals surface area contributed by atoms with Gasteiger partial charge < -0.3 is 14.8 Å². The fourth-order valence-corrected chi connectivity index (χ4v) is 3.39. The SMILES string of the molecule is O=C(NCc1ccc(-c2csnn2)cc1)OCc1cccc(Oc2ccc(Cl)cc2)c1. The smallest absolute Gasteiger partial charge is 0.407 e. The molecule has 0 unspecified atom stereocenters. The quantitative estimate of drug-likeness (QED) is 0.368. The second kappa shape index (κ2) is 10.1. The summed E-state index contributed by atoms with van der Waals surface area (Å²) < 4.78 is 15.0. The first-order valence-corrected chi connectivity index (χ1v) is 10.7. The standard InChI is InChI=1S/C23H18ClN3O3S/c24-19-8-10-20(11-9-19)30-21-3-1-2-17(12-21)14-29-23(28)25-13-16-4-6-18(7-5-16)22-15-31-27-26-22/h1-12,15H,13-14H2,(H,25,28). The van der Waals surface area contributed by atoms with Gasteiger partial charge in [-0.3, -0.25) is 0 Å². The Morgan fingerprint density at radius 2 is 1.77 bits per heavy atom. The highest BCUT2D eigenvalue weighted by atomic mass is 35.5. The maximum atomic E-state index is 12.1. The fraction of sp³-hybridized carbons (Fsp3) is 0.0870. The van der Waals surface area contributed by atoms with Gasteiger partial charge in [0.2, 0.25) is 0 Å². The highest BCUT2D eigenvalue weighted by Crippen LogP contribution is 2.24. The number of halogens is 1. The van der Waals surface area contributed by atoms with Crippen molar-refractivity contribution in [2.45, 2.75) is 13.2 Å². The van der Waals surface area contributed by atoms with Crippen LogP contribution in [0.4, 0.5) is 4.79 Å². The van der Waals surface area contributed by atoms with Crippen LogP contribution in [-0.4, -0.2) is 15.7 Å². The van der Waals surface area contributed by atoms with E-state index in [1.165, 1.54) is 11.5 Å². The molecule has 0 fully saturated rings. The largest absolute Gasteiger partial charge is 0.457 e. The zero-order valence-electron chi connectivity index (χ0n) is 16.3. The van der Waals surface area contributed by atoms with Gasteiger partial charge in [0.25, 0.3) is 0 Å². The molecule has 1 aromatic heterocycles. The summed E-state index contributed by atoms with van der Waals surface area (Å²) in [4.78, 5) is 12.1. The van der Waals surface area contributed by atoms with Gasteiger partial charge >= 0.3 is 6.09 Å². The van der Waals surface area contributed by atoms with E-state index in [2.05, 4.69) is 14.9 Å². The third-order valence-corrected chi connectivity index (χ3v) is 5.12. The summed E-state index contributed by atoms with van der Waals surface area (Å²) in [7, 11) is 0. The average Bonchev–Trinajstić information content (AvgIpc) is 3.33. The predicted octanol–water partition coefficient (Wildman–Crippen LogP) is 6.08. The molecule has 6 nitrogen and oxygen atoms in total. The summed E-state index contributed by atoms with van der Waals surface area (Å²) >= 11 is 7.20. The van der Waals surface area contributed by atoms with E-state index in [0.29, 0.717) is 23.1 Å². The van der Waals surface area contributed by atoms with Crippen LogP contribution in [0.25, 0.3) is 11.3 Å². The number of ether oxygens (including phenoxy) is 2. The van der Waals surface area contributed by atoms with Gasteiger partial charge in [0.05, 0.1) is 0 Å². The molecule has 0 saturated heterocycles. The monoisotopic (exact) mass is 451 g/mol. The number of hydrogen-bond acceptors (Lipinski definition) is 6. The van der Waals surface area contributed by atoms with E-state index in [9.17, 15) is 4.79 Å². The lowest BCUT2D eigenvalue weighted by Crippen LogP contribution is -2.23. The van der Waals surface area contributed by atoms with Gasteiger partial charge in [-0.05, 0) is 59.1 Å². The van der Waals surface area contributed by atoms with Gasteiger partial charge in [0.15, 0.2) is 0 Å². The minimum Gasteiger partial charge on any atom is -0.457 e. The van der Waals surface area contributed by atoms with Crippen LogP contribution in [0.1, 0.15) is 11.1 Å². The highest BCUT2D eigenvalue weighted by Gasteiger charge is 2.06. The second-order valence-electron chi connectivity index (χ2n) is 6.62. The number of nitrogens with zero attached hydrogens (tertiary/aromatic N) is 2. The van der Waals surface area contributed by atoms with Crippen molar-refractivity contribution in [3.63, 3.8) is 0 Å². The molecule has 3 aromatic carbocycles. The molecule has 1 amide bonds. The maximum Gasteiger partial charge on any atom is 0.407 e. The van der Waals surface area contributed by atoms with Crippen LogP contribution in [0.5, 0.6) is 11.5 Å². The zero-order chi connectivity index (χ0) is 21.5. The summed E-state index contributed by atoms with van der Waals surface area (Å²) in [6.45, 7) is 0.508. The minimum absolute atomic E-state index is 0.138. The van der Waals surface area contributed by atoms with Crippen molar-refractivity contribution in [1.29, 1.82) is 0 Å². The summed E-state index contributed by atoms with van der Waals surface area (Å²) in [5, 5.41) is 9.33. The van der Waals surface area contributed by atoms with Gasteiger partial charge in [-0.15, -0.1) is 5.10 Å². The molecule has 1 N–H and O–H groups in total. The number of aromatic nitrogens is 2. The predicted molar refractivity (Wildman–Crippen MR) is 120 cm³/mol. The van der Waals surface area contributed by atoms with Crippen molar-refractivity contribution >= 4 is 29.2 Å². The Morgan fingerprint density at radius 1 is 0.968 bits per heavy atom. The Labute approximate surface area is 188 Å². The molecule has 0 aliphatic rings. The van der Waals surface area contributed by atoms with Crippen molar-refractivity contribution in [3.05, 3.63) is 94.3 Å².